The molecule has 0 atom stereocenters. The Bertz CT molecular complexity index is 539. The van der Waals surface area contributed by atoms with Gasteiger partial charge >= 0.3 is 0 Å². The van der Waals surface area contributed by atoms with Crippen molar-refractivity contribution in [3.8, 4) is 0 Å². The molecule has 0 amide bonds. The van der Waals surface area contributed by atoms with E-state index in [4.69, 9.17) is 11.6 Å². The minimum Gasteiger partial charge on any atom is -0.319 e. The number of piperidine rings is 1. The van der Waals surface area contributed by atoms with Crippen LogP contribution in [-0.2, 0) is 16.6 Å². The zero-order valence-corrected chi connectivity index (χ0v) is 14.5. The Hall–Kier alpha value is -0.180. The van der Waals surface area contributed by atoms with E-state index < -0.39 is 10.2 Å². The number of halogens is 1. The summed E-state index contributed by atoms with van der Waals surface area (Å²) in [4.78, 5) is 1.09. The van der Waals surface area contributed by atoms with E-state index in [-0.39, 0.29) is 0 Å². The average Bonchev–Trinajstić information content (AvgIpc) is 2.85. The van der Waals surface area contributed by atoms with Crippen LogP contribution in [0.25, 0.3) is 0 Å². The number of rotatable bonds is 7. The summed E-state index contributed by atoms with van der Waals surface area (Å²) < 4.78 is 29.4. The van der Waals surface area contributed by atoms with Gasteiger partial charge in [0, 0.05) is 24.5 Å². The number of thiophene rings is 1. The van der Waals surface area contributed by atoms with Crippen molar-refractivity contribution >= 4 is 33.1 Å². The highest BCUT2D eigenvalue weighted by atomic mass is 35.5. The maximum atomic E-state index is 12.2. The Kier molecular flexibility index (Phi) is 6.46. The minimum atomic E-state index is -3.35. The largest absolute Gasteiger partial charge is 0.319 e. The molecule has 2 heterocycles. The summed E-state index contributed by atoms with van der Waals surface area (Å²) in [6.07, 6.45) is 2.51. The second-order valence-corrected chi connectivity index (χ2v) is 8.81. The highest BCUT2D eigenvalue weighted by Gasteiger charge is 2.27. The lowest BCUT2D eigenvalue weighted by molar-refractivity contribution is 0.268. The predicted molar refractivity (Wildman–Crippen MR) is 88.2 cm³/mol. The van der Waals surface area contributed by atoms with Gasteiger partial charge in [-0.2, -0.15) is 12.7 Å². The lowest BCUT2D eigenvalue weighted by Crippen LogP contribution is -2.46. The Morgan fingerprint density at radius 1 is 1.38 bits per heavy atom. The number of hydrogen-bond acceptors (Lipinski definition) is 4. The first-order valence-corrected chi connectivity index (χ1v) is 9.78. The first-order chi connectivity index (χ1) is 10.0. The minimum absolute atomic E-state index is 0.412. The first-order valence-electron chi connectivity index (χ1n) is 7.15. The second-order valence-electron chi connectivity index (χ2n) is 5.26. The van der Waals surface area contributed by atoms with Crippen LogP contribution in [0.5, 0.6) is 0 Å². The molecule has 0 unspecified atom stereocenters. The van der Waals surface area contributed by atoms with E-state index in [1.54, 1.807) is 4.31 Å². The molecule has 8 heteroatoms. The molecule has 0 bridgehead atoms. The third-order valence-electron chi connectivity index (χ3n) is 3.69. The van der Waals surface area contributed by atoms with Crippen LogP contribution in [0, 0.1) is 5.92 Å². The van der Waals surface area contributed by atoms with Gasteiger partial charge in [-0.25, -0.2) is 4.72 Å². The number of nitrogens with one attached hydrogen (secondary N) is 2. The van der Waals surface area contributed by atoms with E-state index in [1.807, 2.05) is 19.2 Å². The lowest BCUT2D eigenvalue weighted by Gasteiger charge is -2.31. The van der Waals surface area contributed by atoms with Gasteiger partial charge in [0.15, 0.2) is 0 Å². The monoisotopic (exact) mass is 351 g/mol. The van der Waals surface area contributed by atoms with Gasteiger partial charge in [0.2, 0.25) is 0 Å². The molecule has 0 aromatic carbocycles. The smallest absolute Gasteiger partial charge is 0.279 e. The number of nitrogens with zero attached hydrogens (tertiary/aromatic N) is 1. The third kappa shape index (κ3) is 5.19. The van der Waals surface area contributed by atoms with Crippen molar-refractivity contribution in [1.82, 2.24) is 14.3 Å². The van der Waals surface area contributed by atoms with E-state index >= 15 is 0 Å². The van der Waals surface area contributed by atoms with Crippen LogP contribution in [0.1, 0.15) is 17.7 Å². The summed E-state index contributed by atoms with van der Waals surface area (Å²) in [7, 11) is -1.42. The maximum absolute atomic E-state index is 12.2. The van der Waals surface area contributed by atoms with Gasteiger partial charge in [-0.3, -0.25) is 0 Å². The van der Waals surface area contributed by atoms with Crippen LogP contribution in [0.15, 0.2) is 12.1 Å². The molecular formula is C13H22ClN3O2S2. The van der Waals surface area contributed by atoms with E-state index in [1.165, 1.54) is 11.3 Å². The lowest BCUT2D eigenvalue weighted by atomic mass is 9.98. The van der Waals surface area contributed by atoms with Gasteiger partial charge < -0.3 is 5.32 Å². The van der Waals surface area contributed by atoms with Crippen LogP contribution in [0.2, 0.25) is 4.34 Å². The zero-order valence-electron chi connectivity index (χ0n) is 12.1. The molecule has 21 heavy (non-hydrogen) atoms. The summed E-state index contributed by atoms with van der Waals surface area (Å²) in [5, 5.41) is 3.15. The fourth-order valence-electron chi connectivity index (χ4n) is 2.52. The second kappa shape index (κ2) is 7.89. The normalized spacial score (nSPS) is 18.2. The van der Waals surface area contributed by atoms with Crippen molar-refractivity contribution in [2.75, 3.05) is 33.2 Å². The topological polar surface area (TPSA) is 61.4 Å². The Labute approximate surface area is 135 Å². The molecule has 0 aliphatic carbocycles. The molecule has 0 radical (unpaired) electrons. The fraction of sp³-hybridized carbons (Fsp3) is 0.692. The van der Waals surface area contributed by atoms with Crippen LogP contribution in [-0.4, -0.2) is 45.9 Å². The first kappa shape index (κ1) is 17.2. The van der Waals surface area contributed by atoms with Gasteiger partial charge in [0.25, 0.3) is 10.2 Å². The Morgan fingerprint density at radius 3 is 2.67 bits per heavy atom. The van der Waals surface area contributed by atoms with E-state index in [2.05, 4.69) is 10.0 Å². The van der Waals surface area contributed by atoms with E-state index in [0.717, 1.165) is 28.6 Å². The molecule has 2 N–H and O–H groups in total. The summed E-state index contributed by atoms with van der Waals surface area (Å²) in [6, 6.07) is 3.77. The van der Waals surface area contributed by atoms with Crippen molar-refractivity contribution in [3.05, 3.63) is 21.3 Å². The van der Waals surface area contributed by atoms with E-state index in [0.29, 0.717) is 32.0 Å². The molecule has 1 aromatic heterocycles. The highest BCUT2D eigenvalue weighted by molar-refractivity contribution is 7.87. The Morgan fingerprint density at radius 2 is 2.10 bits per heavy atom. The maximum Gasteiger partial charge on any atom is 0.279 e. The van der Waals surface area contributed by atoms with Gasteiger partial charge in [-0.15, -0.1) is 11.3 Å². The van der Waals surface area contributed by atoms with Crippen LogP contribution in [0.4, 0.5) is 0 Å². The predicted octanol–water partition coefficient (Wildman–Crippen LogP) is 1.71. The molecule has 0 spiro atoms. The molecule has 0 saturated carbocycles. The van der Waals surface area contributed by atoms with Gasteiger partial charge in [-0.1, -0.05) is 11.6 Å². The van der Waals surface area contributed by atoms with Crippen LogP contribution < -0.4 is 10.0 Å². The molecule has 1 fully saturated rings. The van der Waals surface area contributed by atoms with Crippen molar-refractivity contribution < 1.29 is 8.42 Å². The van der Waals surface area contributed by atoms with Crippen LogP contribution in [0.3, 0.4) is 0 Å². The highest BCUT2D eigenvalue weighted by Crippen LogP contribution is 2.22. The fourth-order valence-corrected chi connectivity index (χ4v) is 4.84. The Balaban J connectivity index is 1.77. The average molecular weight is 352 g/mol. The molecular weight excluding hydrogens is 330 g/mol. The van der Waals surface area contributed by atoms with Crippen molar-refractivity contribution in [2.45, 2.75) is 19.3 Å². The van der Waals surface area contributed by atoms with Crippen molar-refractivity contribution in [1.29, 1.82) is 0 Å². The van der Waals surface area contributed by atoms with Crippen molar-refractivity contribution in [2.24, 2.45) is 5.92 Å². The zero-order chi connectivity index (χ0) is 15.3. The quantitative estimate of drug-likeness (QED) is 0.786. The molecule has 1 saturated heterocycles. The van der Waals surface area contributed by atoms with Crippen LogP contribution >= 0.6 is 22.9 Å². The van der Waals surface area contributed by atoms with Gasteiger partial charge in [0.1, 0.15) is 0 Å². The molecule has 2 rings (SSSR count). The molecule has 1 aliphatic heterocycles. The van der Waals surface area contributed by atoms with E-state index in [9.17, 15) is 8.42 Å². The van der Waals surface area contributed by atoms with Gasteiger partial charge in [0.05, 0.1) is 4.34 Å². The molecule has 120 valence electrons. The summed E-state index contributed by atoms with van der Waals surface area (Å²) >= 11 is 7.35. The summed E-state index contributed by atoms with van der Waals surface area (Å²) in [5.74, 6) is 0.578. The molecule has 5 nitrogen and oxygen atoms in total. The van der Waals surface area contributed by atoms with Crippen molar-refractivity contribution in [3.63, 3.8) is 0 Å². The molecule has 1 aromatic rings. The number of hydrogen-bond donors (Lipinski definition) is 2. The SMILES string of the molecule is CNCC1CCN(S(=O)(=O)NCCc2ccc(Cl)s2)CC1. The standard InChI is InChI=1S/C13H22ClN3O2S2/c1-15-10-11-5-8-17(9-6-11)21(18,19)16-7-4-12-2-3-13(14)20-12/h2-3,11,15-16H,4-10H2,1H3. The summed E-state index contributed by atoms with van der Waals surface area (Å²) in [6.45, 7) is 2.58. The van der Waals surface area contributed by atoms with Gasteiger partial charge in [-0.05, 0) is 50.9 Å². The summed E-state index contributed by atoms with van der Waals surface area (Å²) in [5.41, 5.74) is 0. The molecule has 1 aliphatic rings. The third-order valence-corrected chi connectivity index (χ3v) is 6.60.